The van der Waals surface area contributed by atoms with Crippen LogP contribution in [0.25, 0.3) is 0 Å². The molecule has 0 saturated carbocycles. The number of nitrogens with two attached hydrogens (primary N) is 1. The lowest BCUT2D eigenvalue weighted by atomic mass is 10.2. The molecule has 114 valence electrons. The maximum Gasteiger partial charge on any atom is 0.306 e. The van der Waals surface area contributed by atoms with Crippen LogP contribution in [0.1, 0.15) is 5.56 Å². The number of benzene rings is 2. The Bertz CT molecular complexity index is 851. The van der Waals surface area contributed by atoms with Gasteiger partial charge < -0.3 is 5.73 Å². The first-order valence-electron chi connectivity index (χ1n) is 5.91. The van der Waals surface area contributed by atoms with E-state index in [9.17, 15) is 22.9 Å². The van der Waals surface area contributed by atoms with Gasteiger partial charge in [-0.25, -0.2) is 0 Å². The minimum Gasteiger partial charge on any atom is -0.383 e. The molecule has 2 aromatic carbocycles. The van der Waals surface area contributed by atoms with Gasteiger partial charge in [0.05, 0.1) is 9.82 Å². The van der Waals surface area contributed by atoms with Gasteiger partial charge in [-0.15, -0.1) is 4.40 Å². The largest absolute Gasteiger partial charge is 0.383 e. The smallest absolute Gasteiger partial charge is 0.306 e. The van der Waals surface area contributed by atoms with Gasteiger partial charge in [0.2, 0.25) is 5.82 Å². The van der Waals surface area contributed by atoms with E-state index < -0.39 is 31.3 Å². The molecule has 22 heavy (non-hydrogen) atoms. The standard InChI is InChI=1S/C13H10FN3O4S/c14-11-7-6-10(8-12(11)17(18)19)22(20,21)16-13(15)9-4-2-1-3-5-9/h1-8H,(H2,15,16). The third-order valence-electron chi connectivity index (χ3n) is 2.70. The van der Waals surface area contributed by atoms with E-state index in [0.717, 1.165) is 6.07 Å². The van der Waals surface area contributed by atoms with Crippen LogP contribution in [0.3, 0.4) is 0 Å². The third kappa shape index (κ3) is 3.26. The molecule has 0 heterocycles. The van der Waals surface area contributed by atoms with Crippen LogP contribution in [0.15, 0.2) is 57.8 Å². The third-order valence-corrected chi connectivity index (χ3v) is 3.99. The monoisotopic (exact) mass is 323 g/mol. The Hall–Kier alpha value is -2.81. The number of hydrogen-bond acceptors (Lipinski definition) is 4. The summed E-state index contributed by atoms with van der Waals surface area (Å²) in [5, 5.41) is 10.7. The fourth-order valence-electron chi connectivity index (χ4n) is 1.64. The fraction of sp³-hybridized carbons (Fsp3) is 0. The Labute approximate surface area is 125 Å². The zero-order valence-corrected chi connectivity index (χ0v) is 11.8. The summed E-state index contributed by atoms with van der Waals surface area (Å²) in [5.41, 5.74) is 5.04. The van der Waals surface area contributed by atoms with E-state index in [1.807, 2.05) is 0 Å². The summed E-state index contributed by atoms with van der Waals surface area (Å²) in [6, 6.07) is 10.3. The summed E-state index contributed by atoms with van der Waals surface area (Å²) >= 11 is 0. The molecule has 0 spiro atoms. The van der Waals surface area contributed by atoms with Gasteiger partial charge in [0, 0.05) is 11.6 Å². The molecule has 0 aliphatic rings. The van der Waals surface area contributed by atoms with Crippen molar-refractivity contribution in [3.05, 3.63) is 70.0 Å². The molecule has 2 rings (SSSR count). The predicted octanol–water partition coefficient (Wildman–Crippen LogP) is 1.83. The van der Waals surface area contributed by atoms with Crippen molar-refractivity contribution in [1.82, 2.24) is 0 Å². The van der Waals surface area contributed by atoms with Crippen molar-refractivity contribution in [2.75, 3.05) is 0 Å². The molecular formula is C13H10FN3O4S. The molecule has 0 unspecified atom stereocenters. The van der Waals surface area contributed by atoms with Gasteiger partial charge in [0.25, 0.3) is 10.0 Å². The van der Waals surface area contributed by atoms with Gasteiger partial charge in [0.15, 0.2) is 0 Å². The molecule has 7 nitrogen and oxygen atoms in total. The van der Waals surface area contributed by atoms with Crippen molar-refractivity contribution in [3.63, 3.8) is 0 Å². The summed E-state index contributed by atoms with van der Waals surface area (Å²) in [6.07, 6.45) is 0. The van der Waals surface area contributed by atoms with E-state index in [1.165, 1.54) is 0 Å². The van der Waals surface area contributed by atoms with Crippen LogP contribution >= 0.6 is 0 Å². The van der Waals surface area contributed by atoms with Crippen LogP contribution in [0, 0.1) is 15.9 Å². The van der Waals surface area contributed by atoms with E-state index in [4.69, 9.17) is 5.73 Å². The predicted molar refractivity (Wildman–Crippen MR) is 77.4 cm³/mol. The Morgan fingerprint density at radius 2 is 1.82 bits per heavy atom. The number of sulfonamides is 1. The highest BCUT2D eigenvalue weighted by molar-refractivity contribution is 7.90. The van der Waals surface area contributed by atoms with Gasteiger partial charge in [-0.05, 0) is 12.1 Å². The highest BCUT2D eigenvalue weighted by atomic mass is 32.2. The van der Waals surface area contributed by atoms with Gasteiger partial charge >= 0.3 is 5.69 Å². The first kappa shape index (κ1) is 15.6. The Morgan fingerprint density at radius 1 is 1.18 bits per heavy atom. The van der Waals surface area contributed by atoms with Gasteiger partial charge in [0.1, 0.15) is 5.84 Å². The molecular weight excluding hydrogens is 313 g/mol. The van der Waals surface area contributed by atoms with E-state index in [-0.39, 0.29) is 5.84 Å². The SMILES string of the molecule is NC(=NS(=O)(=O)c1ccc(F)c([N+](=O)[O-])c1)c1ccccc1. The summed E-state index contributed by atoms with van der Waals surface area (Å²) in [7, 11) is -4.29. The van der Waals surface area contributed by atoms with Gasteiger partial charge in [-0.3, -0.25) is 10.1 Å². The zero-order chi connectivity index (χ0) is 16.3. The van der Waals surface area contributed by atoms with Crippen LogP contribution in [0.5, 0.6) is 0 Å². The number of amidine groups is 1. The van der Waals surface area contributed by atoms with Gasteiger partial charge in [-0.2, -0.15) is 12.8 Å². The topological polar surface area (TPSA) is 116 Å². The molecule has 0 fully saturated rings. The van der Waals surface area contributed by atoms with Crippen LogP contribution in [-0.2, 0) is 10.0 Å². The van der Waals surface area contributed by atoms with Crippen molar-refractivity contribution in [2.24, 2.45) is 10.1 Å². The molecule has 9 heteroatoms. The Morgan fingerprint density at radius 3 is 2.41 bits per heavy atom. The molecule has 0 atom stereocenters. The molecule has 2 N–H and O–H groups in total. The van der Waals surface area contributed by atoms with Crippen molar-refractivity contribution < 1.29 is 17.7 Å². The molecule has 0 bridgehead atoms. The van der Waals surface area contributed by atoms with Crippen LogP contribution in [-0.4, -0.2) is 19.2 Å². The molecule has 0 radical (unpaired) electrons. The average molecular weight is 323 g/mol. The molecule has 0 aromatic heterocycles. The summed E-state index contributed by atoms with van der Waals surface area (Å²) < 4.78 is 40.8. The normalized spacial score (nSPS) is 12.1. The second-order valence-corrected chi connectivity index (χ2v) is 5.79. The first-order valence-corrected chi connectivity index (χ1v) is 7.35. The minimum atomic E-state index is -4.29. The second-order valence-electron chi connectivity index (χ2n) is 4.19. The number of nitro benzene ring substituents is 1. The number of halogens is 1. The van der Waals surface area contributed by atoms with E-state index >= 15 is 0 Å². The number of rotatable bonds is 4. The highest BCUT2D eigenvalue weighted by Gasteiger charge is 2.21. The van der Waals surface area contributed by atoms with E-state index in [0.29, 0.717) is 17.7 Å². The maximum absolute atomic E-state index is 13.2. The number of nitrogens with zero attached hydrogens (tertiary/aromatic N) is 2. The highest BCUT2D eigenvalue weighted by Crippen LogP contribution is 2.23. The summed E-state index contributed by atoms with van der Waals surface area (Å²) in [6.45, 7) is 0. The van der Waals surface area contributed by atoms with Crippen molar-refractivity contribution >= 4 is 21.5 Å². The Kier molecular flexibility index (Phi) is 4.18. The van der Waals surface area contributed by atoms with E-state index in [2.05, 4.69) is 4.40 Å². The molecule has 0 aliphatic heterocycles. The van der Waals surface area contributed by atoms with E-state index in [1.54, 1.807) is 30.3 Å². The Balaban J connectivity index is 2.48. The lowest BCUT2D eigenvalue weighted by Gasteiger charge is -2.03. The molecule has 0 aliphatic carbocycles. The van der Waals surface area contributed by atoms with Crippen LogP contribution in [0.4, 0.5) is 10.1 Å². The molecule has 2 aromatic rings. The van der Waals surface area contributed by atoms with Crippen molar-refractivity contribution in [2.45, 2.75) is 4.90 Å². The number of nitro groups is 1. The zero-order valence-electron chi connectivity index (χ0n) is 11.0. The summed E-state index contributed by atoms with van der Waals surface area (Å²) in [5.74, 6) is -1.41. The first-order chi connectivity index (χ1) is 10.3. The molecule has 0 saturated heterocycles. The number of hydrogen-bond donors (Lipinski definition) is 1. The lowest BCUT2D eigenvalue weighted by molar-refractivity contribution is -0.387. The fourth-order valence-corrected chi connectivity index (χ4v) is 2.61. The van der Waals surface area contributed by atoms with Gasteiger partial charge in [-0.1, -0.05) is 30.3 Å². The average Bonchev–Trinajstić information content (AvgIpc) is 2.47. The minimum absolute atomic E-state index is 0.271. The second kappa shape index (κ2) is 5.90. The molecule has 0 amide bonds. The van der Waals surface area contributed by atoms with Crippen molar-refractivity contribution in [1.29, 1.82) is 0 Å². The van der Waals surface area contributed by atoms with Crippen LogP contribution in [0.2, 0.25) is 0 Å². The van der Waals surface area contributed by atoms with Crippen molar-refractivity contribution in [3.8, 4) is 0 Å². The lowest BCUT2D eigenvalue weighted by Crippen LogP contribution is -2.16. The maximum atomic E-state index is 13.2. The summed E-state index contributed by atoms with van der Waals surface area (Å²) in [4.78, 5) is 9.13. The quantitative estimate of drug-likeness (QED) is 0.399. The van der Waals surface area contributed by atoms with Crippen LogP contribution < -0.4 is 5.73 Å².